The Hall–Kier alpha value is -1.84. The quantitative estimate of drug-likeness (QED) is 0.169. The Balaban J connectivity index is 2.10. The lowest BCUT2D eigenvalue weighted by Crippen LogP contribution is -2.53. The number of nitrogens with one attached hydrogen (secondary N) is 1. The molecule has 1 heterocycles. The highest BCUT2D eigenvalue weighted by molar-refractivity contribution is 7.88. The van der Waals surface area contributed by atoms with Gasteiger partial charge in [-0.05, 0) is 44.9 Å². The van der Waals surface area contributed by atoms with E-state index >= 15 is 0 Å². The van der Waals surface area contributed by atoms with Gasteiger partial charge in [-0.3, -0.25) is 8.98 Å². The average molecular weight is 580 g/mol. The molecule has 1 aliphatic carbocycles. The van der Waals surface area contributed by atoms with Crippen LogP contribution in [0, 0.1) is 5.92 Å². The minimum Gasteiger partial charge on any atom is -0.459 e. The van der Waals surface area contributed by atoms with E-state index in [0.29, 0.717) is 6.42 Å². The van der Waals surface area contributed by atoms with Crippen LogP contribution >= 0.6 is 0 Å². The van der Waals surface area contributed by atoms with Crippen LogP contribution in [0.2, 0.25) is 0 Å². The summed E-state index contributed by atoms with van der Waals surface area (Å²) in [4.78, 5) is 23.8. The molecule has 0 aromatic carbocycles. The highest BCUT2D eigenvalue weighted by atomic mass is 32.2. The number of esters is 1. The van der Waals surface area contributed by atoms with E-state index in [9.17, 15) is 40.0 Å². The molecule has 0 aromatic heterocycles. The van der Waals surface area contributed by atoms with Gasteiger partial charge in [0.1, 0.15) is 6.10 Å². The minimum absolute atomic E-state index is 0.0251. The Morgan fingerprint density at radius 1 is 1.05 bits per heavy atom. The van der Waals surface area contributed by atoms with E-state index in [1.54, 1.807) is 13.8 Å². The van der Waals surface area contributed by atoms with Crippen molar-refractivity contribution in [1.82, 2.24) is 5.32 Å². The lowest BCUT2D eigenvalue weighted by molar-refractivity contribution is -0.302. The number of hydrogen-bond donors (Lipinski definition) is 1. The molecule has 2 rings (SSSR count). The Bertz CT molecular complexity index is 955. The second kappa shape index (κ2) is 12.6. The molecule has 2 aliphatic rings. The molecule has 1 unspecified atom stereocenters. The number of halogens is 5. The van der Waals surface area contributed by atoms with Crippen molar-refractivity contribution < 1.29 is 58.4 Å². The molecule has 220 valence electrons. The van der Waals surface area contributed by atoms with Gasteiger partial charge < -0.3 is 19.5 Å². The Morgan fingerprint density at radius 3 is 2.08 bits per heavy atom. The summed E-state index contributed by atoms with van der Waals surface area (Å²) in [5.41, 5.74) is 0.166. The predicted molar refractivity (Wildman–Crippen MR) is 123 cm³/mol. The van der Waals surface area contributed by atoms with Crippen molar-refractivity contribution in [2.45, 2.75) is 101 Å². The van der Waals surface area contributed by atoms with Gasteiger partial charge in [-0.1, -0.05) is 20.4 Å². The minimum atomic E-state index is -6.39. The summed E-state index contributed by atoms with van der Waals surface area (Å²) in [5, 5.41) is -3.47. The van der Waals surface area contributed by atoms with E-state index in [1.165, 1.54) is 6.92 Å². The first-order valence-corrected chi connectivity index (χ1v) is 13.6. The second-order valence-corrected chi connectivity index (χ2v) is 11.6. The highest BCUT2D eigenvalue weighted by Gasteiger charge is 2.59. The number of ether oxygens (including phenoxy) is 3. The molecule has 1 N–H and O–H groups in total. The predicted octanol–water partition coefficient (Wildman–Crippen LogP) is 3.97. The van der Waals surface area contributed by atoms with Crippen LogP contribution in [-0.2, 0) is 38.1 Å². The summed E-state index contributed by atoms with van der Waals surface area (Å²) < 4.78 is 115. The van der Waals surface area contributed by atoms with Crippen LogP contribution in [0.15, 0.2) is 12.2 Å². The number of hydrogen-bond acceptors (Lipinski definition) is 8. The van der Waals surface area contributed by atoms with Gasteiger partial charge in [0.2, 0.25) is 0 Å². The fourth-order valence-corrected chi connectivity index (χ4v) is 5.11. The molecule has 0 spiro atoms. The van der Waals surface area contributed by atoms with Crippen LogP contribution in [0.1, 0.15) is 65.7 Å². The first-order chi connectivity index (χ1) is 17.4. The summed E-state index contributed by atoms with van der Waals surface area (Å²) in [6.45, 7) is 8.27. The topological polar surface area (TPSA) is 117 Å². The fourth-order valence-electron chi connectivity index (χ4n) is 4.22. The number of amides is 1. The maximum Gasteiger partial charge on any atom is 0.446 e. The molecule has 15 heteroatoms. The van der Waals surface area contributed by atoms with Crippen molar-refractivity contribution in [3.05, 3.63) is 12.2 Å². The van der Waals surface area contributed by atoms with Crippen LogP contribution in [-0.4, -0.2) is 69.0 Å². The summed E-state index contributed by atoms with van der Waals surface area (Å²) in [5.74, 6) is -5.09. The van der Waals surface area contributed by atoms with Gasteiger partial charge in [-0.2, -0.15) is 30.4 Å². The molecule has 0 radical (unpaired) electrons. The SMILES string of the molecule is C=C(C)C(=O)OC1CCC(NC(=O)C(F)(F)S(=O)(=O)OC(CC2(CC(C)C)OCCCO2)C(F)(F)F)CC1. The Kier molecular flexibility index (Phi) is 10.7. The van der Waals surface area contributed by atoms with Crippen molar-refractivity contribution in [2.24, 2.45) is 5.92 Å². The van der Waals surface area contributed by atoms with Crippen LogP contribution in [0.4, 0.5) is 22.0 Å². The largest absolute Gasteiger partial charge is 0.459 e. The van der Waals surface area contributed by atoms with Crippen LogP contribution in [0.25, 0.3) is 0 Å². The van der Waals surface area contributed by atoms with Crippen molar-refractivity contribution >= 4 is 22.0 Å². The summed E-state index contributed by atoms with van der Waals surface area (Å²) in [6.07, 6.45) is -9.61. The number of carbonyl (C=O) groups excluding carboxylic acids is 2. The highest BCUT2D eigenvalue weighted by Crippen LogP contribution is 2.39. The lowest BCUT2D eigenvalue weighted by Gasteiger charge is -2.40. The van der Waals surface area contributed by atoms with Crippen LogP contribution in [0.5, 0.6) is 0 Å². The zero-order valence-electron chi connectivity index (χ0n) is 21.4. The third-order valence-electron chi connectivity index (χ3n) is 6.05. The Morgan fingerprint density at radius 2 is 1.61 bits per heavy atom. The molecule has 1 saturated heterocycles. The van der Waals surface area contributed by atoms with E-state index in [2.05, 4.69) is 10.8 Å². The monoisotopic (exact) mass is 579 g/mol. The number of alkyl halides is 5. The normalized spacial score (nSPS) is 23.5. The van der Waals surface area contributed by atoms with Gasteiger partial charge in [0.15, 0.2) is 11.9 Å². The van der Waals surface area contributed by atoms with Gasteiger partial charge in [0.05, 0.1) is 13.2 Å². The van der Waals surface area contributed by atoms with Gasteiger partial charge in [-0.15, -0.1) is 0 Å². The molecule has 1 atom stereocenters. The second-order valence-electron chi connectivity index (χ2n) is 9.99. The van der Waals surface area contributed by atoms with Gasteiger partial charge in [0.25, 0.3) is 0 Å². The fraction of sp³-hybridized carbons (Fsp3) is 0.826. The first-order valence-electron chi connectivity index (χ1n) is 12.2. The summed E-state index contributed by atoms with van der Waals surface area (Å²) >= 11 is 0. The van der Waals surface area contributed by atoms with Gasteiger partial charge >= 0.3 is 33.4 Å². The maximum atomic E-state index is 14.7. The summed E-state index contributed by atoms with van der Waals surface area (Å²) in [6, 6.07) is -0.917. The maximum absolute atomic E-state index is 14.7. The third kappa shape index (κ3) is 8.58. The molecular formula is C23H34F5NO8S. The number of carbonyl (C=O) groups is 2. The van der Waals surface area contributed by atoms with Gasteiger partial charge in [-0.25, -0.2) is 4.79 Å². The molecule has 2 fully saturated rings. The van der Waals surface area contributed by atoms with Crippen LogP contribution in [0.3, 0.4) is 0 Å². The molecule has 38 heavy (non-hydrogen) atoms. The zero-order chi connectivity index (χ0) is 28.9. The summed E-state index contributed by atoms with van der Waals surface area (Å²) in [7, 11) is -6.39. The first kappa shape index (κ1) is 32.4. The van der Waals surface area contributed by atoms with E-state index in [0.717, 1.165) is 0 Å². The van der Waals surface area contributed by atoms with Crippen molar-refractivity contribution in [2.75, 3.05) is 13.2 Å². The van der Waals surface area contributed by atoms with E-state index in [4.69, 9.17) is 14.2 Å². The molecular weight excluding hydrogens is 545 g/mol. The average Bonchev–Trinajstić information content (AvgIpc) is 2.79. The van der Waals surface area contributed by atoms with E-state index in [-0.39, 0.29) is 56.8 Å². The lowest BCUT2D eigenvalue weighted by atomic mass is 9.93. The van der Waals surface area contributed by atoms with Crippen molar-refractivity contribution in [3.63, 3.8) is 0 Å². The number of rotatable bonds is 11. The van der Waals surface area contributed by atoms with Crippen molar-refractivity contribution in [1.29, 1.82) is 0 Å². The molecule has 1 saturated carbocycles. The van der Waals surface area contributed by atoms with Gasteiger partial charge in [0, 0.05) is 24.5 Å². The van der Waals surface area contributed by atoms with Crippen LogP contribution < -0.4 is 5.32 Å². The Labute approximate surface area is 218 Å². The zero-order valence-corrected chi connectivity index (χ0v) is 22.3. The van der Waals surface area contributed by atoms with E-state index < -0.39 is 63.9 Å². The standard InChI is InChI=1S/C23H34F5NO8S/c1-14(2)12-21(34-10-5-11-35-21)13-18(22(24,25)26)37-38(32,33)23(27,28)20(31)29-16-6-8-17(9-7-16)36-19(30)15(3)4/h14,16-18H,3,5-13H2,1-2,4H3,(H,29,31). The molecule has 1 aliphatic heterocycles. The molecule has 1 amide bonds. The van der Waals surface area contributed by atoms with E-state index in [1.807, 2.05) is 5.32 Å². The molecule has 9 nitrogen and oxygen atoms in total. The molecule has 0 bridgehead atoms. The third-order valence-corrected chi connectivity index (χ3v) is 7.35. The smallest absolute Gasteiger partial charge is 0.446 e. The van der Waals surface area contributed by atoms with Crippen molar-refractivity contribution in [3.8, 4) is 0 Å². The molecule has 0 aromatic rings.